The van der Waals surface area contributed by atoms with Crippen LogP contribution in [-0.2, 0) is 26.2 Å². The van der Waals surface area contributed by atoms with Crippen molar-refractivity contribution in [1.82, 2.24) is 14.1 Å². The Morgan fingerprint density at radius 1 is 1.23 bits per heavy atom. The average Bonchev–Trinajstić information content (AvgIpc) is 2.75. The van der Waals surface area contributed by atoms with Crippen LogP contribution in [0.2, 0.25) is 0 Å². The molecule has 0 radical (unpaired) electrons. The van der Waals surface area contributed by atoms with E-state index in [0.717, 1.165) is 11.8 Å². The first-order valence-corrected chi connectivity index (χ1v) is 10.7. The Bertz CT molecular complexity index is 1330. The summed E-state index contributed by atoms with van der Waals surface area (Å²) in [5, 5.41) is 0. The number of carbonyl (C=O) groups is 1. The SMILES string of the molecule is CNS(=O)(=O)c1cc(/C=C/C(=O)OCc2cc(=O)n3c(C)cccc3n2)ccc1OC. The third kappa shape index (κ3) is 4.98. The topological polar surface area (TPSA) is 116 Å². The standard InChI is InChI=1S/C21H21N3O6S/c1-14-5-4-6-19-23-16(12-20(25)24(14)19)13-30-21(26)10-8-15-7-9-17(29-3)18(11-15)31(27,28)22-2/h4-12,22H,13H2,1-3H3/b10-8+. The van der Waals surface area contributed by atoms with Crippen molar-refractivity contribution in [3.63, 3.8) is 0 Å². The van der Waals surface area contributed by atoms with E-state index < -0.39 is 16.0 Å². The first-order chi connectivity index (χ1) is 14.7. The fourth-order valence-electron chi connectivity index (χ4n) is 2.91. The van der Waals surface area contributed by atoms with Crippen molar-refractivity contribution >= 4 is 27.7 Å². The van der Waals surface area contributed by atoms with Gasteiger partial charge in [0.1, 0.15) is 22.9 Å². The molecule has 0 amide bonds. The Hall–Kier alpha value is -3.50. The molecular weight excluding hydrogens is 422 g/mol. The van der Waals surface area contributed by atoms with Crippen LogP contribution in [0, 0.1) is 6.92 Å². The van der Waals surface area contributed by atoms with Crippen molar-refractivity contribution in [3.8, 4) is 5.75 Å². The number of carbonyl (C=O) groups excluding carboxylic acids is 1. The smallest absolute Gasteiger partial charge is 0.331 e. The number of nitrogens with one attached hydrogen (secondary N) is 1. The summed E-state index contributed by atoms with van der Waals surface area (Å²) in [7, 11) is -1.08. The monoisotopic (exact) mass is 443 g/mol. The van der Waals surface area contributed by atoms with E-state index in [1.807, 2.05) is 0 Å². The van der Waals surface area contributed by atoms with Gasteiger partial charge >= 0.3 is 5.97 Å². The summed E-state index contributed by atoms with van der Waals surface area (Å²) in [5.74, 6) is -0.488. The van der Waals surface area contributed by atoms with Crippen LogP contribution in [0.15, 0.2) is 58.2 Å². The van der Waals surface area contributed by atoms with E-state index in [-0.39, 0.29) is 22.8 Å². The summed E-state index contributed by atoms with van der Waals surface area (Å²) >= 11 is 0. The third-order valence-corrected chi connectivity index (χ3v) is 5.89. The molecule has 3 aromatic rings. The molecule has 1 aromatic carbocycles. The summed E-state index contributed by atoms with van der Waals surface area (Å²) in [6.45, 7) is 1.62. The largest absolute Gasteiger partial charge is 0.495 e. The van der Waals surface area contributed by atoms with Crippen molar-refractivity contribution in [2.75, 3.05) is 14.2 Å². The van der Waals surface area contributed by atoms with Crippen LogP contribution in [-0.4, -0.2) is 37.9 Å². The second-order valence-corrected chi connectivity index (χ2v) is 8.36. The van der Waals surface area contributed by atoms with Gasteiger partial charge in [0.15, 0.2) is 0 Å². The Morgan fingerprint density at radius 3 is 2.71 bits per heavy atom. The number of esters is 1. The molecule has 3 rings (SSSR count). The van der Waals surface area contributed by atoms with E-state index in [0.29, 0.717) is 16.9 Å². The van der Waals surface area contributed by atoms with Crippen LogP contribution in [0.3, 0.4) is 0 Å². The molecule has 9 nitrogen and oxygen atoms in total. The molecule has 0 atom stereocenters. The van der Waals surface area contributed by atoms with Gasteiger partial charge < -0.3 is 9.47 Å². The van der Waals surface area contributed by atoms with Gasteiger partial charge in [0.25, 0.3) is 5.56 Å². The highest BCUT2D eigenvalue weighted by molar-refractivity contribution is 7.89. The minimum atomic E-state index is -3.74. The number of rotatable bonds is 7. The number of sulfonamides is 1. The Balaban J connectivity index is 1.74. The molecule has 0 saturated heterocycles. The number of aromatic nitrogens is 2. The molecule has 1 N–H and O–H groups in total. The number of methoxy groups -OCH3 is 1. The number of aryl methyl sites for hydroxylation is 1. The van der Waals surface area contributed by atoms with Crippen LogP contribution >= 0.6 is 0 Å². The van der Waals surface area contributed by atoms with Gasteiger partial charge in [-0.05, 0) is 49.9 Å². The highest BCUT2D eigenvalue weighted by atomic mass is 32.2. The fraction of sp³-hybridized carbons (Fsp3) is 0.190. The minimum Gasteiger partial charge on any atom is -0.495 e. The molecule has 0 spiro atoms. The zero-order chi connectivity index (χ0) is 22.6. The first-order valence-electron chi connectivity index (χ1n) is 9.20. The van der Waals surface area contributed by atoms with E-state index in [2.05, 4.69) is 9.71 Å². The lowest BCUT2D eigenvalue weighted by atomic mass is 10.2. The second kappa shape index (κ2) is 9.11. The van der Waals surface area contributed by atoms with Crippen LogP contribution in [0.1, 0.15) is 17.0 Å². The molecule has 2 aromatic heterocycles. The molecule has 10 heteroatoms. The molecular formula is C21H21N3O6S. The third-order valence-electron chi connectivity index (χ3n) is 4.45. The number of nitrogens with zero attached hydrogens (tertiary/aromatic N) is 2. The molecule has 0 saturated carbocycles. The predicted molar refractivity (Wildman–Crippen MR) is 114 cm³/mol. The van der Waals surface area contributed by atoms with Gasteiger partial charge in [-0.2, -0.15) is 0 Å². The van der Waals surface area contributed by atoms with Gasteiger partial charge in [0, 0.05) is 17.8 Å². The zero-order valence-corrected chi connectivity index (χ0v) is 18.0. The predicted octanol–water partition coefficient (Wildman–Crippen LogP) is 1.68. The maximum atomic E-state index is 12.3. The summed E-state index contributed by atoms with van der Waals surface area (Å²) in [6.07, 6.45) is 2.58. The summed E-state index contributed by atoms with van der Waals surface area (Å²) in [4.78, 5) is 28.6. The maximum absolute atomic E-state index is 12.3. The lowest BCUT2D eigenvalue weighted by Gasteiger charge is -2.09. The van der Waals surface area contributed by atoms with E-state index in [1.54, 1.807) is 31.2 Å². The van der Waals surface area contributed by atoms with Crippen molar-refractivity contribution in [2.24, 2.45) is 0 Å². The Labute approximate surface area is 179 Å². The molecule has 0 aliphatic carbocycles. The highest BCUT2D eigenvalue weighted by Gasteiger charge is 2.17. The van der Waals surface area contributed by atoms with Crippen molar-refractivity contribution in [1.29, 1.82) is 0 Å². The molecule has 31 heavy (non-hydrogen) atoms. The lowest BCUT2D eigenvalue weighted by Crippen LogP contribution is -2.19. The van der Waals surface area contributed by atoms with Gasteiger partial charge in [-0.1, -0.05) is 12.1 Å². The molecule has 0 bridgehead atoms. The van der Waals surface area contributed by atoms with Crippen molar-refractivity contribution < 1.29 is 22.7 Å². The van der Waals surface area contributed by atoms with E-state index in [4.69, 9.17) is 9.47 Å². The Kier molecular flexibility index (Phi) is 6.52. The molecule has 0 fully saturated rings. The molecule has 0 unspecified atom stereocenters. The number of fused-ring (bicyclic) bond motifs is 1. The van der Waals surface area contributed by atoms with E-state index in [1.165, 1.54) is 42.8 Å². The van der Waals surface area contributed by atoms with Gasteiger partial charge in [-0.15, -0.1) is 0 Å². The summed E-state index contributed by atoms with van der Waals surface area (Å²) in [6, 6.07) is 11.1. The average molecular weight is 443 g/mol. The quantitative estimate of drug-likeness (QED) is 0.436. The maximum Gasteiger partial charge on any atom is 0.331 e. The zero-order valence-electron chi connectivity index (χ0n) is 17.2. The van der Waals surface area contributed by atoms with E-state index >= 15 is 0 Å². The Morgan fingerprint density at radius 2 is 2.00 bits per heavy atom. The fourth-order valence-corrected chi connectivity index (χ4v) is 3.84. The molecule has 162 valence electrons. The van der Waals surface area contributed by atoms with Gasteiger partial charge in [-0.25, -0.2) is 22.9 Å². The molecule has 0 aliphatic heterocycles. The van der Waals surface area contributed by atoms with Crippen molar-refractivity contribution in [3.05, 3.63) is 75.8 Å². The van der Waals surface area contributed by atoms with Crippen molar-refractivity contribution in [2.45, 2.75) is 18.4 Å². The van der Waals surface area contributed by atoms with Gasteiger partial charge in [0.2, 0.25) is 10.0 Å². The summed E-state index contributed by atoms with van der Waals surface area (Å²) in [5.41, 5.74) is 1.74. The number of hydrogen-bond donors (Lipinski definition) is 1. The summed E-state index contributed by atoms with van der Waals surface area (Å²) < 4.78 is 38.2. The van der Waals surface area contributed by atoms with Gasteiger partial charge in [-0.3, -0.25) is 9.20 Å². The van der Waals surface area contributed by atoms with Crippen LogP contribution in [0.5, 0.6) is 5.75 Å². The first kappa shape index (κ1) is 22.2. The van der Waals surface area contributed by atoms with E-state index in [9.17, 15) is 18.0 Å². The van der Waals surface area contributed by atoms with Crippen LogP contribution in [0.25, 0.3) is 11.7 Å². The number of pyridine rings is 1. The highest BCUT2D eigenvalue weighted by Crippen LogP contribution is 2.25. The number of hydrogen-bond acceptors (Lipinski definition) is 7. The molecule has 2 heterocycles. The number of ether oxygens (including phenoxy) is 2. The van der Waals surface area contributed by atoms with Crippen LogP contribution < -0.4 is 15.0 Å². The van der Waals surface area contributed by atoms with Crippen LogP contribution in [0.4, 0.5) is 0 Å². The minimum absolute atomic E-state index is 0.0517. The lowest BCUT2D eigenvalue weighted by molar-refractivity contribution is -0.139. The molecule has 0 aliphatic rings. The van der Waals surface area contributed by atoms with Gasteiger partial charge in [0.05, 0.1) is 12.8 Å². The number of benzene rings is 1. The normalized spacial score (nSPS) is 11.7. The second-order valence-electron chi connectivity index (χ2n) is 6.51.